The third-order valence-electron chi connectivity index (χ3n) is 3.72. The average molecular weight is 274 g/mol. The molecule has 19 heavy (non-hydrogen) atoms. The third kappa shape index (κ3) is 2.30. The van der Waals surface area contributed by atoms with Gasteiger partial charge in [0.25, 0.3) is 0 Å². The van der Waals surface area contributed by atoms with E-state index in [9.17, 15) is 0 Å². The number of nitrogens with zero attached hydrogens (tertiary/aromatic N) is 2. The van der Waals surface area contributed by atoms with Gasteiger partial charge in [-0.15, -0.1) is 0 Å². The molecular formula is C15H16ClN3. The molecule has 1 aromatic carbocycles. The zero-order chi connectivity index (χ0) is 13.2. The number of anilines is 1. The Balaban J connectivity index is 1.70. The third-order valence-corrected chi connectivity index (χ3v) is 4.05. The molecule has 1 aliphatic rings. The van der Waals surface area contributed by atoms with E-state index in [-0.39, 0.29) is 0 Å². The summed E-state index contributed by atoms with van der Waals surface area (Å²) < 4.78 is 0. The number of hydrogen-bond donors (Lipinski definition) is 1. The molecule has 3 nitrogen and oxygen atoms in total. The van der Waals surface area contributed by atoms with Crippen molar-refractivity contribution in [2.75, 3.05) is 11.9 Å². The van der Waals surface area contributed by atoms with Crippen molar-refractivity contribution in [2.24, 2.45) is 0 Å². The maximum atomic E-state index is 6.08. The van der Waals surface area contributed by atoms with Gasteiger partial charge >= 0.3 is 0 Å². The smallest absolute Gasteiger partial charge is 0.137 e. The van der Waals surface area contributed by atoms with Crippen molar-refractivity contribution in [1.82, 2.24) is 9.97 Å². The SMILES string of the molecule is CCc1c(Cl)ncnc1NCC1Cc2ccccc21. The molecule has 1 atom stereocenters. The highest BCUT2D eigenvalue weighted by atomic mass is 35.5. The summed E-state index contributed by atoms with van der Waals surface area (Å²) in [5.74, 6) is 1.45. The number of aromatic nitrogens is 2. The van der Waals surface area contributed by atoms with Crippen LogP contribution < -0.4 is 5.32 Å². The Kier molecular flexibility index (Phi) is 3.38. The van der Waals surface area contributed by atoms with Crippen LogP contribution in [0.15, 0.2) is 30.6 Å². The summed E-state index contributed by atoms with van der Waals surface area (Å²) in [6.07, 6.45) is 3.49. The van der Waals surface area contributed by atoms with Gasteiger partial charge < -0.3 is 5.32 Å². The van der Waals surface area contributed by atoms with Crippen LogP contribution in [0.25, 0.3) is 0 Å². The standard InChI is InChI=1S/C15H16ClN3/c1-2-12-14(16)18-9-19-15(12)17-8-11-7-10-5-3-4-6-13(10)11/h3-6,9,11H,2,7-8H2,1H3,(H,17,18,19). The van der Waals surface area contributed by atoms with Crippen LogP contribution in [0.1, 0.15) is 29.5 Å². The van der Waals surface area contributed by atoms with E-state index in [0.29, 0.717) is 11.1 Å². The van der Waals surface area contributed by atoms with E-state index in [1.54, 1.807) is 0 Å². The molecule has 0 saturated heterocycles. The van der Waals surface area contributed by atoms with Crippen molar-refractivity contribution in [3.8, 4) is 0 Å². The molecule has 1 unspecified atom stereocenters. The first-order chi connectivity index (χ1) is 9.29. The van der Waals surface area contributed by atoms with E-state index in [0.717, 1.165) is 30.8 Å². The molecule has 0 amide bonds. The number of benzene rings is 1. The fourth-order valence-corrected chi connectivity index (χ4v) is 2.89. The Morgan fingerprint density at radius 3 is 2.95 bits per heavy atom. The van der Waals surface area contributed by atoms with E-state index in [1.165, 1.54) is 17.5 Å². The minimum absolute atomic E-state index is 0.550. The number of hydrogen-bond acceptors (Lipinski definition) is 3. The van der Waals surface area contributed by atoms with Crippen molar-refractivity contribution in [2.45, 2.75) is 25.7 Å². The number of rotatable bonds is 4. The average Bonchev–Trinajstić information content (AvgIpc) is 2.40. The predicted octanol–water partition coefficient (Wildman–Crippen LogP) is 3.44. The molecule has 2 aromatic rings. The summed E-state index contributed by atoms with van der Waals surface area (Å²) >= 11 is 6.08. The molecule has 1 aromatic heterocycles. The van der Waals surface area contributed by atoms with Gasteiger partial charge in [0, 0.05) is 18.0 Å². The summed E-state index contributed by atoms with van der Waals surface area (Å²) in [5.41, 5.74) is 3.91. The van der Waals surface area contributed by atoms with Gasteiger partial charge in [-0.05, 0) is 24.0 Å². The topological polar surface area (TPSA) is 37.8 Å². The maximum Gasteiger partial charge on any atom is 0.137 e. The van der Waals surface area contributed by atoms with E-state index in [2.05, 4.69) is 46.5 Å². The first kappa shape index (κ1) is 12.4. The normalized spacial score (nSPS) is 16.6. The molecule has 1 heterocycles. The molecule has 98 valence electrons. The number of fused-ring (bicyclic) bond motifs is 1. The van der Waals surface area contributed by atoms with Crippen molar-refractivity contribution in [3.63, 3.8) is 0 Å². The second-order valence-electron chi connectivity index (χ2n) is 4.83. The Morgan fingerprint density at radius 1 is 1.32 bits per heavy atom. The molecule has 0 saturated carbocycles. The van der Waals surface area contributed by atoms with E-state index in [4.69, 9.17) is 11.6 Å². The van der Waals surface area contributed by atoms with Gasteiger partial charge in [0.1, 0.15) is 17.3 Å². The van der Waals surface area contributed by atoms with Crippen LogP contribution in [-0.4, -0.2) is 16.5 Å². The molecular weight excluding hydrogens is 258 g/mol. The monoisotopic (exact) mass is 273 g/mol. The first-order valence-electron chi connectivity index (χ1n) is 6.60. The van der Waals surface area contributed by atoms with E-state index < -0.39 is 0 Å². The quantitative estimate of drug-likeness (QED) is 0.867. The minimum Gasteiger partial charge on any atom is -0.369 e. The Morgan fingerprint density at radius 2 is 2.16 bits per heavy atom. The van der Waals surface area contributed by atoms with Crippen LogP contribution in [0.4, 0.5) is 5.82 Å². The van der Waals surface area contributed by atoms with Gasteiger partial charge in [-0.25, -0.2) is 9.97 Å². The zero-order valence-corrected chi connectivity index (χ0v) is 11.6. The summed E-state index contributed by atoms with van der Waals surface area (Å²) in [7, 11) is 0. The molecule has 4 heteroatoms. The van der Waals surface area contributed by atoms with Gasteiger partial charge in [-0.1, -0.05) is 42.8 Å². The van der Waals surface area contributed by atoms with Crippen LogP contribution in [0.2, 0.25) is 5.15 Å². The zero-order valence-electron chi connectivity index (χ0n) is 10.9. The van der Waals surface area contributed by atoms with E-state index >= 15 is 0 Å². The summed E-state index contributed by atoms with van der Waals surface area (Å²) in [4.78, 5) is 8.31. The fourth-order valence-electron chi connectivity index (χ4n) is 2.62. The lowest BCUT2D eigenvalue weighted by Crippen LogP contribution is -2.24. The van der Waals surface area contributed by atoms with Crippen molar-refractivity contribution >= 4 is 17.4 Å². The highest BCUT2D eigenvalue weighted by Gasteiger charge is 2.25. The Labute approximate surface area is 118 Å². The van der Waals surface area contributed by atoms with Gasteiger partial charge in [-0.2, -0.15) is 0 Å². The number of halogens is 1. The van der Waals surface area contributed by atoms with Crippen molar-refractivity contribution in [1.29, 1.82) is 0 Å². The second kappa shape index (κ2) is 5.17. The van der Waals surface area contributed by atoms with Crippen LogP contribution in [0, 0.1) is 0 Å². The molecule has 0 radical (unpaired) electrons. The predicted molar refractivity (Wildman–Crippen MR) is 77.8 cm³/mol. The Bertz CT molecular complexity index is 598. The van der Waals surface area contributed by atoms with Crippen LogP contribution in [0.5, 0.6) is 0 Å². The van der Waals surface area contributed by atoms with Gasteiger partial charge in [0.2, 0.25) is 0 Å². The lowest BCUT2D eigenvalue weighted by Gasteiger charge is -2.30. The van der Waals surface area contributed by atoms with Crippen molar-refractivity contribution in [3.05, 3.63) is 52.4 Å². The minimum atomic E-state index is 0.550. The highest BCUT2D eigenvalue weighted by Crippen LogP contribution is 2.35. The van der Waals surface area contributed by atoms with Crippen LogP contribution in [0.3, 0.4) is 0 Å². The molecule has 3 rings (SSSR count). The molecule has 1 aliphatic carbocycles. The lowest BCUT2D eigenvalue weighted by atomic mass is 9.77. The fraction of sp³-hybridized carbons (Fsp3) is 0.333. The van der Waals surface area contributed by atoms with E-state index in [1.807, 2.05) is 0 Å². The van der Waals surface area contributed by atoms with Gasteiger partial charge in [0.05, 0.1) is 0 Å². The highest BCUT2D eigenvalue weighted by molar-refractivity contribution is 6.30. The lowest BCUT2D eigenvalue weighted by molar-refractivity contribution is 0.634. The van der Waals surface area contributed by atoms with Crippen molar-refractivity contribution < 1.29 is 0 Å². The van der Waals surface area contributed by atoms with Crippen LogP contribution in [-0.2, 0) is 12.8 Å². The summed E-state index contributed by atoms with van der Waals surface area (Å²) in [6, 6.07) is 8.61. The Hall–Kier alpha value is -1.61. The maximum absolute atomic E-state index is 6.08. The largest absolute Gasteiger partial charge is 0.369 e. The second-order valence-corrected chi connectivity index (χ2v) is 5.18. The van der Waals surface area contributed by atoms with Gasteiger partial charge in [0.15, 0.2) is 0 Å². The molecule has 1 N–H and O–H groups in total. The summed E-state index contributed by atoms with van der Waals surface area (Å²) in [6.45, 7) is 2.96. The summed E-state index contributed by atoms with van der Waals surface area (Å²) in [5, 5.41) is 3.96. The first-order valence-corrected chi connectivity index (χ1v) is 6.98. The molecule has 0 aliphatic heterocycles. The number of nitrogens with one attached hydrogen (secondary N) is 1. The van der Waals surface area contributed by atoms with Crippen LogP contribution >= 0.6 is 11.6 Å². The molecule has 0 bridgehead atoms. The van der Waals surface area contributed by atoms with Gasteiger partial charge in [-0.3, -0.25) is 0 Å². The molecule has 0 fully saturated rings. The molecule has 0 spiro atoms.